The van der Waals surface area contributed by atoms with Crippen LogP contribution in [0.5, 0.6) is 0 Å². The molecule has 0 amide bonds. The quantitative estimate of drug-likeness (QED) is 0.547. The van der Waals surface area contributed by atoms with Gasteiger partial charge in [-0.3, -0.25) is 0 Å². The molecular weight excluding hydrogens is 163 g/mol. The summed E-state index contributed by atoms with van der Waals surface area (Å²) in [6.45, 7) is 10.3. The van der Waals surface area contributed by atoms with Crippen molar-refractivity contribution in [1.29, 1.82) is 0 Å². The summed E-state index contributed by atoms with van der Waals surface area (Å²) >= 11 is 0. The minimum atomic E-state index is -0.486. The highest BCUT2D eigenvalue weighted by atomic mass is 19.1. The van der Waals surface area contributed by atoms with Crippen LogP contribution in [0.1, 0.15) is 66.7 Å². The molecule has 2 atom stereocenters. The van der Waals surface area contributed by atoms with Gasteiger partial charge in [-0.05, 0) is 18.8 Å². The van der Waals surface area contributed by atoms with Crippen LogP contribution in [0.4, 0.5) is 4.39 Å². The van der Waals surface area contributed by atoms with E-state index in [9.17, 15) is 4.39 Å². The SMILES string of the molecule is CC.CC1CCC[C@@H]1F.CCCC. The molecule has 0 aliphatic heterocycles. The Bertz CT molecular complexity index is 71.2. The molecule has 1 saturated carbocycles. The smallest absolute Gasteiger partial charge is 0.103 e. The Kier molecular flexibility index (Phi) is 14.1. The van der Waals surface area contributed by atoms with Gasteiger partial charge in [-0.25, -0.2) is 4.39 Å². The first-order chi connectivity index (χ1) is 6.22. The number of hydrogen-bond acceptors (Lipinski definition) is 0. The highest BCUT2D eigenvalue weighted by Gasteiger charge is 2.21. The molecule has 1 unspecified atom stereocenters. The van der Waals surface area contributed by atoms with Crippen LogP contribution in [0, 0.1) is 5.92 Å². The van der Waals surface area contributed by atoms with Crippen molar-refractivity contribution in [2.45, 2.75) is 72.9 Å². The largest absolute Gasteiger partial charge is 0.247 e. The fourth-order valence-electron chi connectivity index (χ4n) is 1.10. The van der Waals surface area contributed by atoms with Crippen molar-refractivity contribution in [2.24, 2.45) is 5.92 Å². The Morgan fingerprint density at radius 2 is 1.54 bits per heavy atom. The van der Waals surface area contributed by atoms with E-state index in [0.717, 1.165) is 19.3 Å². The summed E-state index contributed by atoms with van der Waals surface area (Å²) in [5, 5.41) is 0. The molecule has 1 heteroatoms. The maximum atomic E-state index is 12.3. The first kappa shape index (κ1) is 15.4. The van der Waals surface area contributed by atoms with Crippen molar-refractivity contribution < 1.29 is 4.39 Å². The van der Waals surface area contributed by atoms with Crippen LogP contribution in [-0.2, 0) is 0 Å². The van der Waals surface area contributed by atoms with Crippen LogP contribution >= 0.6 is 0 Å². The van der Waals surface area contributed by atoms with Crippen LogP contribution in [0.3, 0.4) is 0 Å². The first-order valence-electron chi connectivity index (χ1n) is 5.86. The fourth-order valence-corrected chi connectivity index (χ4v) is 1.10. The fraction of sp³-hybridized carbons (Fsp3) is 1.00. The van der Waals surface area contributed by atoms with Gasteiger partial charge in [0.25, 0.3) is 0 Å². The maximum Gasteiger partial charge on any atom is 0.103 e. The molecule has 1 aliphatic rings. The second-order valence-electron chi connectivity index (χ2n) is 3.42. The summed E-state index contributed by atoms with van der Waals surface area (Å²) in [5.74, 6) is 0.347. The van der Waals surface area contributed by atoms with Crippen molar-refractivity contribution in [3.05, 3.63) is 0 Å². The molecule has 13 heavy (non-hydrogen) atoms. The van der Waals surface area contributed by atoms with E-state index in [1.807, 2.05) is 20.8 Å². The number of alkyl halides is 1. The first-order valence-corrected chi connectivity index (χ1v) is 5.86. The highest BCUT2D eigenvalue weighted by Crippen LogP contribution is 2.26. The van der Waals surface area contributed by atoms with E-state index < -0.39 is 6.17 Å². The highest BCUT2D eigenvalue weighted by molar-refractivity contribution is 4.72. The third-order valence-electron chi connectivity index (χ3n) is 2.26. The molecule has 1 fully saturated rings. The van der Waals surface area contributed by atoms with Crippen LogP contribution in [0.15, 0.2) is 0 Å². The summed E-state index contributed by atoms with van der Waals surface area (Å²) in [7, 11) is 0. The maximum absolute atomic E-state index is 12.3. The van der Waals surface area contributed by atoms with Crippen LogP contribution < -0.4 is 0 Å². The van der Waals surface area contributed by atoms with Gasteiger partial charge in [-0.1, -0.05) is 53.9 Å². The van der Waals surface area contributed by atoms with Crippen molar-refractivity contribution in [3.8, 4) is 0 Å². The molecule has 82 valence electrons. The molecule has 0 bridgehead atoms. The minimum absolute atomic E-state index is 0.347. The van der Waals surface area contributed by atoms with Crippen molar-refractivity contribution >= 4 is 0 Å². The zero-order valence-electron chi connectivity index (χ0n) is 10.1. The lowest BCUT2D eigenvalue weighted by Gasteiger charge is -2.00. The lowest BCUT2D eigenvalue weighted by molar-refractivity contribution is 0.278. The van der Waals surface area contributed by atoms with E-state index in [4.69, 9.17) is 0 Å². The third-order valence-corrected chi connectivity index (χ3v) is 2.26. The molecule has 0 N–H and O–H groups in total. The van der Waals surface area contributed by atoms with Gasteiger partial charge in [0.15, 0.2) is 0 Å². The Labute approximate surface area is 83.9 Å². The molecule has 0 spiro atoms. The molecule has 0 heterocycles. The van der Waals surface area contributed by atoms with Gasteiger partial charge in [-0.2, -0.15) is 0 Å². The third kappa shape index (κ3) is 9.85. The Balaban J connectivity index is 0. The Hall–Kier alpha value is -0.0700. The van der Waals surface area contributed by atoms with Crippen LogP contribution in [-0.4, -0.2) is 6.17 Å². The summed E-state index contributed by atoms with van der Waals surface area (Å²) in [5.41, 5.74) is 0. The van der Waals surface area contributed by atoms with Gasteiger partial charge in [-0.15, -0.1) is 0 Å². The van der Waals surface area contributed by atoms with Gasteiger partial charge in [0.2, 0.25) is 0 Å². The summed E-state index contributed by atoms with van der Waals surface area (Å²) in [6.07, 6.45) is 5.16. The normalized spacial score (nSPS) is 25.4. The Morgan fingerprint density at radius 3 is 1.62 bits per heavy atom. The molecule has 0 nitrogen and oxygen atoms in total. The summed E-state index contributed by atoms with van der Waals surface area (Å²) in [4.78, 5) is 0. The van der Waals surface area contributed by atoms with Crippen molar-refractivity contribution in [2.75, 3.05) is 0 Å². The molecule has 0 aromatic heterocycles. The van der Waals surface area contributed by atoms with Gasteiger partial charge in [0, 0.05) is 0 Å². The number of hydrogen-bond donors (Lipinski definition) is 0. The molecule has 0 aromatic rings. The van der Waals surface area contributed by atoms with E-state index >= 15 is 0 Å². The number of halogens is 1. The predicted molar refractivity (Wildman–Crippen MR) is 59.8 cm³/mol. The topological polar surface area (TPSA) is 0 Å². The van der Waals surface area contributed by atoms with Gasteiger partial charge < -0.3 is 0 Å². The second kappa shape index (κ2) is 11.9. The molecule has 1 rings (SSSR count). The standard InChI is InChI=1S/C6H11F.C4H10.C2H6/c1-5-3-2-4-6(5)7;1-3-4-2;1-2/h5-6H,2-4H2,1H3;3-4H2,1-2H3;1-2H3/t5?,6-;;/m0../s1. The summed E-state index contributed by atoms with van der Waals surface area (Å²) < 4.78 is 12.3. The molecule has 0 radical (unpaired) electrons. The monoisotopic (exact) mass is 190 g/mol. The van der Waals surface area contributed by atoms with Crippen molar-refractivity contribution in [3.63, 3.8) is 0 Å². The number of unbranched alkanes of at least 4 members (excludes halogenated alkanes) is 1. The number of rotatable bonds is 1. The zero-order valence-corrected chi connectivity index (χ0v) is 10.1. The van der Waals surface area contributed by atoms with Crippen LogP contribution in [0.25, 0.3) is 0 Å². The molecular formula is C12H27F. The second-order valence-corrected chi connectivity index (χ2v) is 3.42. The molecule has 0 saturated heterocycles. The van der Waals surface area contributed by atoms with E-state index in [0.29, 0.717) is 5.92 Å². The average Bonchev–Trinajstić information content (AvgIpc) is 2.55. The average molecular weight is 190 g/mol. The predicted octanol–water partition coefficient (Wildman–Crippen LogP) is 4.98. The minimum Gasteiger partial charge on any atom is -0.247 e. The van der Waals surface area contributed by atoms with Crippen molar-refractivity contribution in [1.82, 2.24) is 0 Å². The lowest BCUT2D eigenvalue weighted by Crippen LogP contribution is -2.01. The molecule has 0 aromatic carbocycles. The Morgan fingerprint density at radius 1 is 1.08 bits per heavy atom. The van der Waals surface area contributed by atoms with Crippen LogP contribution in [0.2, 0.25) is 0 Å². The van der Waals surface area contributed by atoms with E-state index in [1.165, 1.54) is 12.8 Å². The van der Waals surface area contributed by atoms with E-state index in [-0.39, 0.29) is 0 Å². The zero-order chi connectivity index (χ0) is 10.7. The van der Waals surface area contributed by atoms with E-state index in [1.54, 1.807) is 0 Å². The van der Waals surface area contributed by atoms with Gasteiger partial charge >= 0.3 is 0 Å². The van der Waals surface area contributed by atoms with Gasteiger partial charge in [0.1, 0.15) is 6.17 Å². The van der Waals surface area contributed by atoms with Gasteiger partial charge in [0.05, 0.1) is 0 Å². The lowest BCUT2D eigenvalue weighted by atomic mass is 10.1. The summed E-state index contributed by atoms with van der Waals surface area (Å²) in [6, 6.07) is 0. The molecule has 1 aliphatic carbocycles. The van der Waals surface area contributed by atoms with E-state index in [2.05, 4.69) is 13.8 Å².